The van der Waals surface area contributed by atoms with Crippen LogP contribution in [0.3, 0.4) is 0 Å². The van der Waals surface area contributed by atoms with Gasteiger partial charge in [0, 0.05) is 25.2 Å². The van der Waals surface area contributed by atoms with Gasteiger partial charge in [-0.25, -0.2) is 0 Å². The van der Waals surface area contributed by atoms with Crippen molar-refractivity contribution in [2.24, 2.45) is 4.99 Å². The zero-order valence-corrected chi connectivity index (χ0v) is 9.39. The molecule has 3 rings (SSSR count). The van der Waals surface area contributed by atoms with Crippen molar-refractivity contribution in [3.8, 4) is 0 Å². The van der Waals surface area contributed by atoms with E-state index in [1.165, 1.54) is 23.5 Å². The molecule has 2 heteroatoms. The molecular weight excluding hydrogens is 196 g/mol. The Labute approximate surface area is 96.3 Å². The van der Waals surface area contributed by atoms with Gasteiger partial charge in [-0.3, -0.25) is 4.99 Å². The third kappa shape index (κ3) is 1.75. The van der Waals surface area contributed by atoms with Gasteiger partial charge in [0.15, 0.2) is 0 Å². The monoisotopic (exact) mass is 212 g/mol. The number of aliphatic imine (C=N–C) groups is 1. The van der Waals surface area contributed by atoms with Gasteiger partial charge < -0.3 is 4.90 Å². The maximum atomic E-state index is 4.59. The Bertz CT molecular complexity index is 431. The molecule has 0 saturated carbocycles. The van der Waals surface area contributed by atoms with Crippen LogP contribution in [0.15, 0.2) is 41.0 Å². The number of benzene rings is 1. The zero-order chi connectivity index (χ0) is 10.8. The van der Waals surface area contributed by atoms with E-state index < -0.39 is 0 Å². The standard InChI is InChI=1S/C14H16N2/c1-2-5-12(6-3-1)11-13-7-8-14-15-9-4-10-16(13)14/h1-3,5-6,11H,4,7-10H2/b13-11+. The van der Waals surface area contributed by atoms with Crippen LogP contribution >= 0.6 is 0 Å². The van der Waals surface area contributed by atoms with E-state index in [1.807, 2.05) is 0 Å². The fraction of sp³-hybridized carbons (Fsp3) is 0.357. The maximum Gasteiger partial charge on any atom is 0.103 e. The Morgan fingerprint density at radius 2 is 2.00 bits per heavy atom. The zero-order valence-electron chi connectivity index (χ0n) is 9.39. The Balaban J connectivity index is 1.89. The fourth-order valence-electron chi connectivity index (χ4n) is 2.44. The topological polar surface area (TPSA) is 15.6 Å². The summed E-state index contributed by atoms with van der Waals surface area (Å²) in [6.07, 6.45) is 5.76. The van der Waals surface area contributed by atoms with Gasteiger partial charge in [-0.15, -0.1) is 0 Å². The number of fused-ring (bicyclic) bond motifs is 1. The number of hydrogen-bond acceptors (Lipinski definition) is 2. The van der Waals surface area contributed by atoms with Gasteiger partial charge in [0.1, 0.15) is 5.84 Å². The average molecular weight is 212 g/mol. The van der Waals surface area contributed by atoms with Crippen molar-refractivity contribution >= 4 is 11.9 Å². The Hall–Kier alpha value is -1.57. The van der Waals surface area contributed by atoms with Crippen LogP contribution in [0.4, 0.5) is 0 Å². The molecule has 0 unspecified atom stereocenters. The first kappa shape index (κ1) is 9.64. The molecule has 2 aliphatic heterocycles. The molecule has 1 aromatic rings. The van der Waals surface area contributed by atoms with E-state index >= 15 is 0 Å². The first-order chi connectivity index (χ1) is 7.93. The van der Waals surface area contributed by atoms with E-state index in [2.05, 4.69) is 46.3 Å². The summed E-state index contributed by atoms with van der Waals surface area (Å²) < 4.78 is 0. The van der Waals surface area contributed by atoms with Gasteiger partial charge in [0.2, 0.25) is 0 Å². The predicted octanol–water partition coefficient (Wildman–Crippen LogP) is 2.93. The number of rotatable bonds is 1. The van der Waals surface area contributed by atoms with Crippen LogP contribution < -0.4 is 0 Å². The molecule has 82 valence electrons. The summed E-state index contributed by atoms with van der Waals surface area (Å²) in [5.41, 5.74) is 2.73. The molecule has 0 atom stereocenters. The van der Waals surface area contributed by atoms with Crippen molar-refractivity contribution in [2.75, 3.05) is 13.1 Å². The Kier molecular flexibility index (Phi) is 2.49. The Morgan fingerprint density at radius 3 is 2.88 bits per heavy atom. The van der Waals surface area contributed by atoms with Crippen LogP contribution in [0, 0.1) is 0 Å². The molecule has 0 spiro atoms. The molecule has 0 aromatic heterocycles. The summed E-state index contributed by atoms with van der Waals surface area (Å²) in [6.45, 7) is 2.17. The second kappa shape index (κ2) is 4.12. The SMILES string of the molecule is C(=C1/CCC2=NCCCN21)/c1ccccc1. The van der Waals surface area contributed by atoms with Gasteiger partial charge in [-0.1, -0.05) is 30.3 Å². The van der Waals surface area contributed by atoms with E-state index in [9.17, 15) is 0 Å². The lowest BCUT2D eigenvalue weighted by atomic mass is 10.1. The molecule has 0 amide bonds. The minimum atomic E-state index is 1.02. The van der Waals surface area contributed by atoms with E-state index in [4.69, 9.17) is 0 Å². The summed E-state index contributed by atoms with van der Waals surface area (Å²) in [6, 6.07) is 10.6. The molecule has 0 N–H and O–H groups in total. The third-order valence-corrected chi connectivity index (χ3v) is 3.23. The van der Waals surface area contributed by atoms with Crippen molar-refractivity contribution in [1.29, 1.82) is 0 Å². The van der Waals surface area contributed by atoms with Crippen molar-refractivity contribution in [3.63, 3.8) is 0 Å². The quantitative estimate of drug-likeness (QED) is 0.699. The average Bonchev–Trinajstić information content (AvgIpc) is 2.74. The van der Waals surface area contributed by atoms with Crippen LogP contribution in [0.2, 0.25) is 0 Å². The van der Waals surface area contributed by atoms with Crippen molar-refractivity contribution in [2.45, 2.75) is 19.3 Å². The molecular formula is C14H16N2. The third-order valence-electron chi connectivity index (χ3n) is 3.23. The van der Waals surface area contributed by atoms with E-state index in [1.54, 1.807) is 0 Å². The van der Waals surface area contributed by atoms with Gasteiger partial charge in [-0.2, -0.15) is 0 Å². The maximum absolute atomic E-state index is 4.59. The second-order valence-corrected chi connectivity index (χ2v) is 4.35. The lowest BCUT2D eigenvalue weighted by Gasteiger charge is -2.24. The van der Waals surface area contributed by atoms with Crippen molar-refractivity contribution in [1.82, 2.24) is 4.90 Å². The molecule has 1 saturated heterocycles. The predicted molar refractivity (Wildman–Crippen MR) is 67.3 cm³/mol. The van der Waals surface area contributed by atoms with Gasteiger partial charge >= 0.3 is 0 Å². The molecule has 0 bridgehead atoms. The minimum Gasteiger partial charge on any atom is -0.334 e. The fourth-order valence-corrected chi connectivity index (χ4v) is 2.44. The smallest absolute Gasteiger partial charge is 0.103 e. The first-order valence-electron chi connectivity index (χ1n) is 6.00. The van der Waals surface area contributed by atoms with Crippen LogP contribution in [-0.2, 0) is 0 Å². The summed E-state index contributed by atoms with van der Waals surface area (Å²) in [4.78, 5) is 6.98. The molecule has 0 radical (unpaired) electrons. The van der Waals surface area contributed by atoms with Crippen LogP contribution in [0.1, 0.15) is 24.8 Å². The van der Waals surface area contributed by atoms with Gasteiger partial charge in [0.25, 0.3) is 0 Å². The molecule has 2 aliphatic rings. The minimum absolute atomic E-state index is 1.02. The number of amidine groups is 1. The second-order valence-electron chi connectivity index (χ2n) is 4.35. The lowest BCUT2D eigenvalue weighted by molar-refractivity contribution is 0.491. The number of hydrogen-bond donors (Lipinski definition) is 0. The van der Waals surface area contributed by atoms with E-state index in [0.29, 0.717) is 0 Å². The molecule has 0 aliphatic carbocycles. The van der Waals surface area contributed by atoms with E-state index in [-0.39, 0.29) is 0 Å². The van der Waals surface area contributed by atoms with Crippen LogP contribution in [0.5, 0.6) is 0 Å². The molecule has 2 nitrogen and oxygen atoms in total. The highest BCUT2D eigenvalue weighted by Crippen LogP contribution is 2.27. The van der Waals surface area contributed by atoms with Crippen LogP contribution in [0.25, 0.3) is 6.08 Å². The summed E-state index contributed by atoms with van der Waals surface area (Å²) >= 11 is 0. The normalized spacial score (nSPS) is 22.1. The molecule has 2 heterocycles. The van der Waals surface area contributed by atoms with Crippen molar-refractivity contribution in [3.05, 3.63) is 41.6 Å². The number of allylic oxidation sites excluding steroid dienone is 1. The highest BCUT2D eigenvalue weighted by molar-refractivity contribution is 5.88. The molecule has 1 fully saturated rings. The highest BCUT2D eigenvalue weighted by atomic mass is 15.2. The summed E-state index contributed by atoms with van der Waals surface area (Å²) in [7, 11) is 0. The molecule has 1 aromatic carbocycles. The van der Waals surface area contributed by atoms with Gasteiger partial charge in [0.05, 0.1) is 0 Å². The van der Waals surface area contributed by atoms with Gasteiger partial charge in [-0.05, 0) is 24.5 Å². The van der Waals surface area contributed by atoms with E-state index in [0.717, 1.165) is 25.9 Å². The largest absolute Gasteiger partial charge is 0.334 e. The summed E-state index contributed by atoms with van der Waals surface area (Å²) in [5, 5.41) is 0. The number of nitrogens with zero attached hydrogens (tertiary/aromatic N) is 2. The van der Waals surface area contributed by atoms with Crippen molar-refractivity contribution < 1.29 is 0 Å². The first-order valence-corrected chi connectivity index (χ1v) is 6.00. The Morgan fingerprint density at radius 1 is 1.12 bits per heavy atom. The lowest BCUT2D eigenvalue weighted by Crippen LogP contribution is -2.29. The highest BCUT2D eigenvalue weighted by Gasteiger charge is 2.25. The van der Waals surface area contributed by atoms with Crippen LogP contribution in [-0.4, -0.2) is 23.8 Å². The summed E-state index contributed by atoms with van der Waals surface area (Å²) in [5.74, 6) is 1.30. The molecule has 16 heavy (non-hydrogen) atoms.